The minimum atomic E-state index is 0.831. The molecule has 0 aliphatic heterocycles. The van der Waals surface area contributed by atoms with E-state index in [4.69, 9.17) is 12.2 Å². The van der Waals surface area contributed by atoms with Crippen LogP contribution in [0.5, 0.6) is 0 Å². The third-order valence-corrected chi connectivity index (χ3v) is 4.73. The van der Waals surface area contributed by atoms with Gasteiger partial charge in [-0.05, 0) is 55.3 Å². The topological polar surface area (TPSA) is 20.7 Å². The van der Waals surface area contributed by atoms with E-state index in [0.29, 0.717) is 0 Å². The molecule has 2 aromatic rings. The van der Waals surface area contributed by atoms with Crippen molar-refractivity contribution in [2.45, 2.75) is 32.2 Å². The molecule has 0 fully saturated rings. The van der Waals surface area contributed by atoms with Gasteiger partial charge in [0.25, 0.3) is 0 Å². The number of rotatable bonds is 7. The van der Waals surface area contributed by atoms with E-state index in [9.17, 15) is 0 Å². The highest BCUT2D eigenvalue weighted by Gasteiger charge is 2.04. The first-order valence-corrected chi connectivity index (χ1v) is 9.19. The van der Waals surface area contributed by atoms with Gasteiger partial charge in [-0.15, -0.1) is 0 Å². The van der Waals surface area contributed by atoms with Crippen molar-refractivity contribution in [3.05, 3.63) is 27.4 Å². The van der Waals surface area contributed by atoms with Crippen molar-refractivity contribution in [1.82, 2.24) is 9.55 Å². The van der Waals surface area contributed by atoms with Crippen LogP contribution in [0.25, 0.3) is 11.0 Å². The Morgan fingerprint density at radius 1 is 1.26 bits per heavy atom. The molecule has 2 rings (SSSR count). The maximum Gasteiger partial charge on any atom is 0.178 e. The number of imidazole rings is 1. The molecule has 1 aromatic carbocycles. The SMILES string of the molecule is CSCCCCCCn1c(=S)[nH]c2cc(Br)ccc21. The van der Waals surface area contributed by atoms with E-state index in [1.807, 2.05) is 11.8 Å². The van der Waals surface area contributed by atoms with E-state index >= 15 is 0 Å². The van der Waals surface area contributed by atoms with Gasteiger partial charge in [-0.2, -0.15) is 11.8 Å². The molecule has 0 unspecified atom stereocenters. The Morgan fingerprint density at radius 2 is 2.05 bits per heavy atom. The predicted molar refractivity (Wildman–Crippen MR) is 91.7 cm³/mol. The molecule has 0 spiro atoms. The second-order valence-electron chi connectivity index (χ2n) is 4.65. The molecular weight excluding hydrogens is 340 g/mol. The average molecular weight is 359 g/mol. The van der Waals surface area contributed by atoms with Crippen LogP contribution >= 0.6 is 39.9 Å². The molecule has 0 atom stereocenters. The predicted octanol–water partition coefficient (Wildman–Crippen LogP) is 5.38. The minimum Gasteiger partial charge on any atom is -0.331 e. The summed E-state index contributed by atoms with van der Waals surface area (Å²) < 4.78 is 4.13. The lowest BCUT2D eigenvalue weighted by Gasteiger charge is -2.04. The number of halogens is 1. The quantitative estimate of drug-likeness (QED) is 0.529. The summed E-state index contributed by atoms with van der Waals surface area (Å²) in [5.74, 6) is 1.28. The highest BCUT2D eigenvalue weighted by molar-refractivity contribution is 9.10. The molecule has 104 valence electrons. The number of H-pyrrole nitrogens is 1. The fraction of sp³-hybridized carbons (Fsp3) is 0.500. The summed E-state index contributed by atoms with van der Waals surface area (Å²) in [5, 5.41) is 0. The summed E-state index contributed by atoms with van der Waals surface area (Å²) in [4.78, 5) is 3.27. The Balaban J connectivity index is 1.97. The third kappa shape index (κ3) is 4.10. The molecule has 1 N–H and O–H groups in total. The summed E-state index contributed by atoms with van der Waals surface area (Å²) in [6.45, 7) is 1.01. The Kier molecular flexibility index (Phi) is 5.98. The number of hydrogen-bond donors (Lipinski definition) is 1. The van der Waals surface area contributed by atoms with Gasteiger partial charge < -0.3 is 9.55 Å². The standard InChI is InChI=1S/C14H19BrN2S2/c1-19-9-5-3-2-4-8-17-13-7-6-11(15)10-12(13)16-14(17)18/h6-7,10H,2-5,8-9H2,1H3,(H,16,18). The zero-order chi connectivity index (χ0) is 13.7. The lowest BCUT2D eigenvalue weighted by Crippen LogP contribution is -1.98. The fourth-order valence-corrected chi connectivity index (χ4v) is 3.38. The molecule has 0 amide bonds. The van der Waals surface area contributed by atoms with Gasteiger partial charge in [-0.25, -0.2) is 0 Å². The Labute approximate surface area is 132 Å². The molecule has 1 heterocycles. The average Bonchev–Trinajstić information content (AvgIpc) is 2.69. The summed E-state index contributed by atoms with van der Waals surface area (Å²) >= 11 is 10.8. The molecule has 0 saturated carbocycles. The number of aromatic amines is 1. The molecule has 2 nitrogen and oxygen atoms in total. The van der Waals surface area contributed by atoms with Crippen molar-refractivity contribution in [3.8, 4) is 0 Å². The van der Waals surface area contributed by atoms with Gasteiger partial charge in [0, 0.05) is 11.0 Å². The fourth-order valence-electron chi connectivity index (χ4n) is 2.23. The second kappa shape index (κ2) is 7.50. The van der Waals surface area contributed by atoms with E-state index in [-0.39, 0.29) is 0 Å². The van der Waals surface area contributed by atoms with Crippen LogP contribution in [-0.4, -0.2) is 21.6 Å². The summed E-state index contributed by atoms with van der Waals surface area (Å²) in [6.07, 6.45) is 7.30. The van der Waals surface area contributed by atoms with E-state index < -0.39 is 0 Å². The van der Waals surface area contributed by atoms with Crippen molar-refractivity contribution in [2.75, 3.05) is 12.0 Å². The molecular formula is C14H19BrN2S2. The highest BCUT2D eigenvalue weighted by atomic mass is 79.9. The number of nitrogens with one attached hydrogen (secondary N) is 1. The van der Waals surface area contributed by atoms with Crippen LogP contribution < -0.4 is 0 Å². The van der Waals surface area contributed by atoms with Crippen molar-refractivity contribution in [2.24, 2.45) is 0 Å². The van der Waals surface area contributed by atoms with E-state index in [1.54, 1.807) is 0 Å². The van der Waals surface area contributed by atoms with Crippen molar-refractivity contribution in [1.29, 1.82) is 0 Å². The van der Waals surface area contributed by atoms with Crippen LogP contribution in [0.15, 0.2) is 22.7 Å². The second-order valence-corrected chi connectivity index (χ2v) is 6.94. The summed E-state index contributed by atoms with van der Waals surface area (Å²) in [6, 6.07) is 6.28. The highest BCUT2D eigenvalue weighted by Crippen LogP contribution is 2.20. The van der Waals surface area contributed by atoms with Gasteiger partial charge in [0.15, 0.2) is 4.77 Å². The maximum absolute atomic E-state index is 5.40. The number of thioether (sulfide) groups is 1. The maximum atomic E-state index is 5.40. The number of fused-ring (bicyclic) bond motifs is 1. The van der Waals surface area contributed by atoms with Gasteiger partial charge >= 0.3 is 0 Å². The van der Waals surface area contributed by atoms with E-state index in [2.05, 4.69) is 49.9 Å². The Morgan fingerprint density at radius 3 is 2.84 bits per heavy atom. The number of hydrogen-bond acceptors (Lipinski definition) is 2. The number of aromatic nitrogens is 2. The Hall–Kier alpha value is -0.260. The first-order chi connectivity index (χ1) is 9.22. The Bertz CT molecular complexity index is 589. The summed E-state index contributed by atoms with van der Waals surface area (Å²) in [5.41, 5.74) is 2.32. The molecule has 1 aromatic heterocycles. The van der Waals surface area contributed by atoms with Gasteiger partial charge in [-0.3, -0.25) is 0 Å². The van der Waals surface area contributed by atoms with Crippen molar-refractivity contribution in [3.63, 3.8) is 0 Å². The molecule has 0 radical (unpaired) electrons. The molecule has 0 saturated heterocycles. The van der Waals surface area contributed by atoms with Crippen LogP contribution in [0.4, 0.5) is 0 Å². The van der Waals surface area contributed by atoms with Gasteiger partial charge in [-0.1, -0.05) is 28.8 Å². The lowest BCUT2D eigenvalue weighted by atomic mass is 10.2. The van der Waals surface area contributed by atoms with Crippen LogP contribution in [0.2, 0.25) is 0 Å². The van der Waals surface area contributed by atoms with Crippen LogP contribution in [0.1, 0.15) is 25.7 Å². The molecule has 0 bridgehead atoms. The number of unbranched alkanes of at least 4 members (excludes halogenated alkanes) is 3. The van der Waals surface area contributed by atoms with E-state index in [1.165, 1.54) is 37.0 Å². The zero-order valence-electron chi connectivity index (χ0n) is 11.1. The molecule has 0 aliphatic carbocycles. The normalized spacial score (nSPS) is 11.3. The van der Waals surface area contributed by atoms with E-state index in [0.717, 1.165) is 21.3 Å². The summed E-state index contributed by atoms with van der Waals surface area (Å²) in [7, 11) is 0. The van der Waals surface area contributed by atoms with Crippen LogP contribution in [0, 0.1) is 4.77 Å². The van der Waals surface area contributed by atoms with Crippen molar-refractivity contribution < 1.29 is 0 Å². The molecule has 19 heavy (non-hydrogen) atoms. The van der Waals surface area contributed by atoms with Gasteiger partial charge in [0.2, 0.25) is 0 Å². The number of nitrogens with zero attached hydrogens (tertiary/aromatic N) is 1. The van der Waals surface area contributed by atoms with Crippen LogP contribution in [-0.2, 0) is 6.54 Å². The largest absolute Gasteiger partial charge is 0.331 e. The van der Waals surface area contributed by atoms with Gasteiger partial charge in [0.1, 0.15) is 0 Å². The lowest BCUT2D eigenvalue weighted by molar-refractivity contribution is 0.589. The molecule has 5 heteroatoms. The minimum absolute atomic E-state index is 0.831. The number of benzene rings is 1. The van der Waals surface area contributed by atoms with Crippen molar-refractivity contribution >= 4 is 50.9 Å². The third-order valence-electron chi connectivity index (χ3n) is 3.22. The van der Waals surface area contributed by atoms with Crippen LogP contribution in [0.3, 0.4) is 0 Å². The number of aryl methyl sites for hydroxylation is 1. The first-order valence-electron chi connectivity index (χ1n) is 6.59. The monoisotopic (exact) mass is 358 g/mol. The first kappa shape index (κ1) is 15.1. The van der Waals surface area contributed by atoms with Gasteiger partial charge in [0.05, 0.1) is 11.0 Å². The zero-order valence-corrected chi connectivity index (χ0v) is 14.3. The smallest absolute Gasteiger partial charge is 0.178 e. The molecule has 0 aliphatic rings.